The molecule has 4 heteroatoms. The van der Waals surface area contributed by atoms with Crippen molar-refractivity contribution in [3.63, 3.8) is 0 Å². The monoisotopic (exact) mass is 311 g/mol. The second-order valence-corrected chi connectivity index (χ2v) is 6.89. The van der Waals surface area contributed by atoms with Crippen molar-refractivity contribution >= 4 is 0 Å². The van der Waals surface area contributed by atoms with Crippen LogP contribution in [0.2, 0.25) is 0 Å². The molecule has 1 aliphatic heterocycles. The lowest BCUT2D eigenvalue weighted by atomic mass is 9.73. The van der Waals surface area contributed by atoms with Crippen LogP contribution in [0.25, 0.3) is 0 Å². The summed E-state index contributed by atoms with van der Waals surface area (Å²) in [7, 11) is 0. The van der Waals surface area contributed by atoms with Gasteiger partial charge < -0.3 is 14.6 Å². The molecule has 4 nitrogen and oxygen atoms in total. The first-order valence-corrected chi connectivity index (χ1v) is 8.82. The van der Waals surface area contributed by atoms with Gasteiger partial charge >= 0.3 is 0 Å². The molecule has 1 atom stereocenters. The average molecular weight is 311 g/mol. The third-order valence-electron chi connectivity index (χ3n) is 5.25. The molecule has 0 saturated heterocycles. The number of benzene rings is 1. The van der Waals surface area contributed by atoms with E-state index in [0.717, 1.165) is 25.3 Å². The number of imidazole rings is 1. The summed E-state index contributed by atoms with van der Waals surface area (Å²) in [5.41, 5.74) is 1.45. The van der Waals surface area contributed by atoms with Crippen molar-refractivity contribution in [3.8, 4) is 5.75 Å². The second-order valence-electron chi connectivity index (χ2n) is 6.89. The Morgan fingerprint density at radius 2 is 2.17 bits per heavy atom. The Balaban J connectivity index is 1.32. The van der Waals surface area contributed by atoms with Gasteiger partial charge in [0.15, 0.2) is 0 Å². The number of para-hydroxylation sites is 1. The number of aromatic nitrogens is 2. The van der Waals surface area contributed by atoms with E-state index in [0.29, 0.717) is 6.04 Å². The number of hydrogen-bond donors (Lipinski definition) is 1. The van der Waals surface area contributed by atoms with Crippen molar-refractivity contribution in [2.24, 2.45) is 0 Å². The maximum atomic E-state index is 6.31. The van der Waals surface area contributed by atoms with Crippen molar-refractivity contribution < 1.29 is 4.74 Å². The van der Waals surface area contributed by atoms with Crippen LogP contribution < -0.4 is 10.1 Å². The molecule has 23 heavy (non-hydrogen) atoms. The third-order valence-corrected chi connectivity index (χ3v) is 5.25. The minimum atomic E-state index is 0.114. The van der Waals surface area contributed by atoms with Crippen molar-refractivity contribution in [3.05, 3.63) is 48.5 Å². The van der Waals surface area contributed by atoms with Crippen LogP contribution in [0.4, 0.5) is 0 Å². The van der Waals surface area contributed by atoms with Gasteiger partial charge in [0.25, 0.3) is 0 Å². The molecule has 1 N–H and O–H groups in total. The van der Waals surface area contributed by atoms with E-state index in [9.17, 15) is 0 Å². The highest BCUT2D eigenvalue weighted by Crippen LogP contribution is 2.48. The molecular formula is C19H25N3O. The Bertz CT molecular complexity index is 634. The van der Waals surface area contributed by atoms with Gasteiger partial charge in [-0.2, -0.15) is 0 Å². The molecule has 1 saturated carbocycles. The lowest BCUT2D eigenvalue weighted by Gasteiger charge is -2.48. The molecule has 1 fully saturated rings. The molecule has 1 aliphatic carbocycles. The summed E-state index contributed by atoms with van der Waals surface area (Å²) < 4.78 is 8.46. The zero-order valence-corrected chi connectivity index (χ0v) is 13.6. The van der Waals surface area contributed by atoms with Crippen LogP contribution in [0.3, 0.4) is 0 Å². The number of ether oxygens (including phenoxy) is 1. The molecule has 0 amide bonds. The molecular weight excluding hydrogens is 286 g/mol. The van der Waals surface area contributed by atoms with Crippen LogP contribution in [0, 0.1) is 0 Å². The molecule has 0 bridgehead atoms. The number of aryl methyl sites for hydroxylation is 1. The summed E-state index contributed by atoms with van der Waals surface area (Å²) in [6.07, 6.45) is 13.0. The Morgan fingerprint density at radius 3 is 2.96 bits per heavy atom. The van der Waals surface area contributed by atoms with Gasteiger partial charge in [-0.1, -0.05) is 18.2 Å². The van der Waals surface area contributed by atoms with Crippen LogP contribution >= 0.6 is 0 Å². The predicted octanol–water partition coefficient (Wildman–Crippen LogP) is 3.70. The maximum absolute atomic E-state index is 6.31. The predicted molar refractivity (Wildman–Crippen MR) is 90.5 cm³/mol. The zero-order valence-electron chi connectivity index (χ0n) is 13.6. The van der Waals surface area contributed by atoms with E-state index in [4.69, 9.17) is 4.74 Å². The van der Waals surface area contributed by atoms with E-state index in [1.165, 1.54) is 37.7 Å². The van der Waals surface area contributed by atoms with Crippen LogP contribution in [0.1, 0.15) is 50.1 Å². The Kier molecular flexibility index (Phi) is 4.08. The highest BCUT2D eigenvalue weighted by Gasteiger charge is 2.45. The quantitative estimate of drug-likeness (QED) is 0.827. The first-order valence-electron chi connectivity index (χ1n) is 8.82. The van der Waals surface area contributed by atoms with Crippen LogP contribution in [-0.4, -0.2) is 21.7 Å². The molecule has 1 aromatic carbocycles. The maximum Gasteiger partial charge on any atom is 0.124 e. The van der Waals surface area contributed by atoms with E-state index in [2.05, 4.69) is 39.1 Å². The van der Waals surface area contributed by atoms with E-state index in [1.54, 1.807) is 0 Å². The Labute approximate surface area is 137 Å². The van der Waals surface area contributed by atoms with Gasteiger partial charge in [-0.3, -0.25) is 0 Å². The molecule has 122 valence electrons. The fourth-order valence-electron chi connectivity index (χ4n) is 3.79. The van der Waals surface area contributed by atoms with Gasteiger partial charge in [0.2, 0.25) is 0 Å². The number of nitrogens with zero attached hydrogens (tertiary/aromatic N) is 2. The SMILES string of the molecule is c1ccc2c(c1)OC1(CCC1)CC2NCCCCn1ccnc1. The molecule has 1 spiro atoms. The lowest BCUT2D eigenvalue weighted by Crippen LogP contribution is -2.49. The first kappa shape index (κ1) is 14.8. The highest BCUT2D eigenvalue weighted by molar-refractivity contribution is 5.39. The summed E-state index contributed by atoms with van der Waals surface area (Å²) in [4.78, 5) is 4.08. The van der Waals surface area contributed by atoms with Crippen molar-refractivity contribution in [2.75, 3.05) is 6.54 Å². The van der Waals surface area contributed by atoms with Crippen LogP contribution in [0.15, 0.2) is 43.0 Å². The minimum Gasteiger partial charge on any atom is -0.487 e. The van der Waals surface area contributed by atoms with E-state index in [-0.39, 0.29) is 5.60 Å². The molecule has 2 aliphatic rings. The Morgan fingerprint density at radius 1 is 1.26 bits per heavy atom. The highest BCUT2D eigenvalue weighted by atomic mass is 16.5. The summed E-state index contributed by atoms with van der Waals surface area (Å²) in [6, 6.07) is 8.98. The fourth-order valence-corrected chi connectivity index (χ4v) is 3.79. The summed E-state index contributed by atoms with van der Waals surface area (Å²) in [5.74, 6) is 1.09. The molecule has 1 aromatic heterocycles. The van der Waals surface area contributed by atoms with Gasteiger partial charge in [-0.05, 0) is 44.7 Å². The Hall–Kier alpha value is -1.81. The summed E-state index contributed by atoms with van der Waals surface area (Å²) in [6.45, 7) is 2.11. The zero-order chi connectivity index (χ0) is 15.5. The number of rotatable bonds is 6. The van der Waals surface area contributed by atoms with Crippen LogP contribution in [0.5, 0.6) is 5.75 Å². The lowest BCUT2D eigenvalue weighted by molar-refractivity contribution is -0.0368. The second kappa shape index (κ2) is 6.36. The van der Waals surface area contributed by atoms with Gasteiger partial charge in [0.1, 0.15) is 11.4 Å². The van der Waals surface area contributed by atoms with Crippen molar-refractivity contribution in [2.45, 2.75) is 56.7 Å². The van der Waals surface area contributed by atoms with Crippen molar-refractivity contribution in [1.82, 2.24) is 14.9 Å². The molecule has 4 rings (SSSR count). The first-order chi connectivity index (χ1) is 11.3. The molecule has 0 radical (unpaired) electrons. The standard InChI is InChI=1S/C19H25N3O/c1-2-7-18-16(6-1)17(14-19(23-18)8-5-9-19)21-10-3-4-12-22-13-11-20-15-22/h1-2,6-7,11,13,15,17,21H,3-5,8-10,12,14H2. The number of nitrogens with one attached hydrogen (secondary N) is 1. The van der Waals surface area contributed by atoms with E-state index in [1.807, 2.05) is 18.7 Å². The third kappa shape index (κ3) is 3.13. The smallest absolute Gasteiger partial charge is 0.124 e. The average Bonchev–Trinajstić information content (AvgIpc) is 3.06. The topological polar surface area (TPSA) is 39.1 Å². The van der Waals surface area contributed by atoms with Crippen LogP contribution in [-0.2, 0) is 6.54 Å². The number of hydrogen-bond acceptors (Lipinski definition) is 3. The largest absolute Gasteiger partial charge is 0.487 e. The van der Waals surface area contributed by atoms with Gasteiger partial charge in [0, 0.05) is 37.0 Å². The van der Waals surface area contributed by atoms with Gasteiger partial charge in [-0.15, -0.1) is 0 Å². The number of fused-ring (bicyclic) bond motifs is 1. The molecule has 2 heterocycles. The fraction of sp³-hybridized carbons (Fsp3) is 0.526. The van der Waals surface area contributed by atoms with E-state index >= 15 is 0 Å². The van der Waals surface area contributed by atoms with Crippen molar-refractivity contribution in [1.29, 1.82) is 0 Å². The van der Waals surface area contributed by atoms with Gasteiger partial charge in [-0.25, -0.2) is 4.98 Å². The normalized spacial score (nSPS) is 21.5. The molecule has 1 unspecified atom stereocenters. The summed E-state index contributed by atoms with van der Waals surface area (Å²) >= 11 is 0. The summed E-state index contributed by atoms with van der Waals surface area (Å²) in [5, 5.41) is 3.78. The molecule has 2 aromatic rings. The van der Waals surface area contributed by atoms with Gasteiger partial charge in [0.05, 0.1) is 6.33 Å². The number of unbranched alkanes of at least 4 members (excludes halogenated alkanes) is 1. The minimum absolute atomic E-state index is 0.114. The van der Waals surface area contributed by atoms with E-state index < -0.39 is 0 Å².